The molecule has 0 fully saturated rings. The Kier molecular flexibility index (Phi) is 3.75. The SMILES string of the molecule is CCC(C)(NC(=O)Nc1nc2c(s1)CCC2)C(=O)O. The highest BCUT2D eigenvalue weighted by molar-refractivity contribution is 7.15. The number of amides is 2. The topological polar surface area (TPSA) is 91.3 Å². The van der Waals surface area contributed by atoms with Gasteiger partial charge in [0.1, 0.15) is 5.54 Å². The third-order valence-electron chi connectivity index (χ3n) is 3.38. The fourth-order valence-electron chi connectivity index (χ4n) is 1.92. The molecule has 2 rings (SSSR count). The zero-order chi connectivity index (χ0) is 14.0. The van der Waals surface area contributed by atoms with Crippen molar-refractivity contribution in [2.24, 2.45) is 0 Å². The van der Waals surface area contributed by atoms with Crippen LogP contribution >= 0.6 is 11.3 Å². The summed E-state index contributed by atoms with van der Waals surface area (Å²) in [4.78, 5) is 28.4. The molecular weight excluding hydrogens is 266 g/mol. The molecule has 0 radical (unpaired) electrons. The second-order valence-electron chi connectivity index (χ2n) is 4.81. The van der Waals surface area contributed by atoms with Crippen LogP contribution in [0.1, 0.15) is 37.3 Å². The van der Waals surface area contributed by atoms with E-state index in [-0.39, 0.29) is 0 Å². The molecule has 1 heterocycles. The van der Waals surface area contributed by atoms with Gasteiger partial charge in [0.2, 0.25) is 0 Å². The number of carboxylic acid groups (broad SMARTS) is 1. The number of rotatable bonds is 4. The number of hydrogen-bond donors (Lipinski definition) is 3. The van der Waals surface area contributed by atoms with Crippen LogP contribution in [0.2, 0.25) is 0 Å². The Morgan fingerprint density at radius 3 is 2.79 bits per heavy atom. The summed E-state index contributed by atoms with van der Waals surface area (Å²) in [6, 6.07) is -0.529. The van der Waals surface area contributed by atoms with Crippen LogP contribution in [0.25, 0.3) is 0 Å². The van der Waals surface area contributed by atoms with Crippen molar-refractivity contribution in [2.45, 2.75) is 45.1 Å². The molecule has 1 atom stereocenters. The molecule has 0 saturated heterocycles. The quantitative estimate of drug-likeness (QED) is 0.788. The average Bonchev–Trinajstić information content (AvgIpc) is 2.88. The number of carbonyl (C=O) groups excluding carboxylic acids is 1. The van der Waals surface area contributed by atoms with E-state index in [1.807, 2.05) is 0 Å². The lowest BCUT2D eigenvalue weighted by Gasteiger charge is -2.24. The monoisotopic (exact) mass is 283 g/mol. The molecule has 1 aromatic rings. The van der Waals surface area contributed by atoms with Crippen LogP contribution in [0, 0.1) is 0 Å². The van der Waals surface area contributed by atoms with Crippen molar-refractivity contribution in [1.29, 1.82) is 0 Å². The number of aliphatic carboxylic acids is 1. The average molecular weight is 283 g/mol. The van der Waals surface area contributed by atoms with E-state index in [0.29, 0.717) is 11.6 Å². The zero-order valence-electron chi connectivity index (χ0n) is 10.9. The van der Waals surface area contributed by atoms with Crippen LogP contribution in [-0.4, -0.2) is 27.6 Å². The number of anilines is 1. The van der Waals surface area contributed by atoms with Gasteiger partial charge < -0.3 is 10.4 Å². The van der Waals surface area contributed by atoms with Gasteiger partial charge in [0.25, 0.3) is 0 Å². The van der Waals surface area contributed by atoms with Gasteiger partial charge in [-0.15, -0.1) is 11.3 Å². The summed E-state index contributed by atoms with van der Waals surface area (Å²) in [6.07, 6.45) is 3.40. The van der Waals surface area contributed by atoms with Gasteiger partial charge in [-0.2, -0.15) is 0 Å². The first-order valence-corrected chi connectivity index (χ1v) is 7.07. The van der Waals surface area contributed by atoms with Crippen molar-refractivity contribution in [3.63, 3.8) is 0 Å². The summed E-state index contributed by atoms with van der Waals surface area (Å²) in [7, 11) is 0. The zero-order valence-corrected chi connectivity index (χ0v) is 11.8. The van der Waals surface area contributed by atoms with Gasteiger partial charge in [0.15, 0.2) is 5.13 Å². The number of aromatic nitrogens is 1. The second kappa shape index (κ2) is 5.16. The fraction of sp³-hybridized carbons (Fsp3) is 0.583. The van der Waals surface area contributed by atoms with Crippen LogP contribution in [-0.2, 0) is 17.6 Å². The number of nitrogens with one attached hydrogen (secondary N) is 2. The van der Waals surface area contributed by atoms with E-state index in [1.165, 1.54) is 23.1 Å². The normalized spacial score (nSPS) is 16.5. The van der Waals surface area contributed by atoms with Crippen LogP contribution in [0.5, 0.6) is 0 Å². The highest BCUT2D eigenvalue weighted by atomic mass is 32.1. The van der Waals surface area contributed by atoms with Gasteiger partial charge >= 0.3 is 12.0 Å². The minimum Gasteiger partial charge on any atom is -0.480 e. The summed E-state index contributed by atoms with van der Waals surface area (Å²) in [5, 5.41) is 14.7. The van der Waals surface area contributed by atoms with E-state index >= 15 is 0 Å². The third-order valence-corrected chi connectivity index (χ3v) is 4.46. The van der Waals surface area contributed by atoms with E-state index in [9.17, 15) is 9.59 Å². The molecule has 0 aliphatic heterocycles. The molecule has 6 nitrogen and oxygen atoms in total. The summed E-state index contributed by atoms with van der Waals surface area (Å²) in [5.74, 6) is -1.05. The maximum Gasteiger partial charge on any atom is 0.329 e. The van der Waals surface area contributed by atoms with Crippen molar-refractivity contribution in [3.05, 3.63) is 10.6 Å². The van der Waals surface area contributed by atoms with Gasteiger partial charge in [0.05, 0.1) is 5.69 Å². The van der Waals surface area contributed by atoms with E-state index in [4.69, 9.17) is 5.11 Å². The van der Waals surface area contributed by atoms with Gasteiger partial charge in [0, 0.05) is 4.88 Å². The summed E-state index contributed by atoms with van der Waals surface area (Å²) >= 11 is 1.46. The van der Waals surface area contributed by atoms with Crippen LogP contribution in [0.3, 0.4) is 0 Å². The Bertz CT molecular complexity index is 493. The van der Waals surface area contributed by atoms with Gasteiger partial charge in [-0.1, -0.05) is 6.92 Å². The minimum atomic E-state index is -1.26. The number of thiazole rings is 1. The van der Waals surface area contributed by atoms with Crippen molar-refractivity contribution in [1.82, 2.24) is 10.3 Å². The van der Waals surface area contributed by atoms with Crippen molar-refractivity contribution in [2.75, 3.05) is 5.32 Å². The van der Waals surface area contributed by atoms with E-state index in [2.05, 4.69) is 15.6 Å². The fourth-order valence-corrected chi connectivity index (χ4v) is 2.96. The van der Waals surface area contributed by atoms with E-state index in [0.717, 1.165) is 25.0 Å². The first-order valence-electron chi connectivity index (χ1n) is 6.26. The van der Waals surface area contributed by atoms with Gasteiger partial charge in [-0.05, 0) is 32.6 Å². The van der Waals surface area contributed by atoms with E-state index in [1.54, 1.807) is 6.92 Å². The van der Waals surface area contributed by atoms with Crippen molar-refractivity contribution < 1.29 is 14.7 Å². The number of carboxylic acids is 1. The highest BCUT2D eigenvalue weighted by Crippen LogP contribution is 2.30. The van der Waals surface area contributed by atoms with Crippen LogP contribution < -0.4 is 10.6 Å². The number of carbonyl (C=O) groups is 2. The molecule has 0 aromatic carbocycles. The molecule has 19 heavy (non-hydrogen) atoms. The number of hydrogen-bond acceptors (Lipinski definition) is 4. The number of nitrogens with zero attached hydrogens (tertiary/aromatic N) is 1. The lowest BCUT2D eigenvalue weighted by molar-refractivity contribution is -0.143. The lowest BCUT2D eigenvalue weighted by atomic mass is 10.00. The van der Waals surface area contributed by atoms with Crippen LogP contribution in [0.15, 0.2) is 0 Å². The molecule has 0 saturated carbocycles. The predicted octanol–water partition coefficient (Wildman–Crippen LogP) is 2.01. The second-order valence-corrected chi connectivity index (χ2v) is 5.90. The first-order chi connectivity index (χ1) is 8.94. The number of urea groups is 1. The number of aryl methyl sites for hydroxylation is 2. The lowest BCUT2D eigenvalue weighted by Crippen LogP contribution is -2.53. The highest BCUT2D eigenvalue weighted by Gasteiger charge is 2.33. The van der Waals surface area contributed by atoms with Crippen molar-refractivity contribution in [3.8, 4) is 0 Å². The summed E-state index contributed by atoms with van der Waals surface area (Å²) in [6.45, 7) is 3.20. The molecule has 0 bridgehead atoms. The van der Waals surface area contributed by atoms with Gasteiger partial charge in [-0.3, -0.25) is 5.32 Å². The Morgan fingerprint density at radius 1 is 1.47 bits per heavy atom. The maximum atomic E-state index is 11.8. The molecule has 1 aliphatic rings. The smallest absolute Gasteiger partial charge is 0.329 e. The Balaban J connectivity index is 1.99. The molecule has 3 N–H and O–H groups in total. The molecule has 1 unspecified atom stereocenters. The Hall–Kier alpha value is -1.63. The third kappa shape index (κ3) is 2.86. The van der Waals surface area contributed by atoms with Gasteiger partial charge in [-0.25, -0.2) is 14.6 Å². The van der Waals surface area contributed by atoms with Crippen LogP contribution in [0.4, 0.5) is 9.93 Å². The maximum absolute atomic E-state index is 11.8. The molecule has 2 amide bonds. The largest absolute Gasteiger partial charge is 0.480 e. The molecule has 7 heteroatoms. The summed E-state index contributed by atoms with van der Waals surface area (Å²) in [5.41, 5.74) is -0.207. The number of fused-ring (bicyclic) bond motifs is 1. The molecule has 1 aromatic heterocycles. The molecular formula is C12H17N3O3S. The first kappa shape index (κ1) is 13.8. The molecule has 104 valence electrons. The summed E-state index contributed by atoms with van der Waals surface area (Å²) < 4.78 is 0. The van der Waals surface area contributed by atoms with Crippen molar-refractivity contribution >= 4 is 28.5 Å². The Morgan fingerprint density at radius 2 is 2.21 bits per heavy atom. The van der Waals surface area contributed by atoms with E-state index < -0.39 is 17.5 Å². The molecule has 0 spiro atoms. The Labute approximate surface area is 115 Å². The molecule has 1 aliphatic carbocycles. The standard InChI is InChI=1S/C12H17N3O3S/c1-3-12(2,9(16)17)15-10(18)14-11-13-7-5-4-6-8(7)19-11/h3-6H2,1-2H3,(H,16,17)(H2,13,14,15,18). The predicted molar refractivity (Wildman–Crippen MR) is 72.6 cm³/mol. The minimum absolute atomic E-state index is 0.310.